The van der Waals surface area contributed by atoms with E-state index in [1.807, 2.05) is 0 Å². The Labute approximate surface area is 186 Å². The van der Waals surface area contributed by atoms with Gasteiger partial charge in [0.25, 0.3) is 15.9 Å². The first-order valence-electron chi connectivity index (χ1n) is 9.56. The lowest BCUT2D eigenvalue weighted by molar-refractivity contribution is -0.141. The third-order valence-electron chi connectivity index (χ3n) is 4.67. The minimum Gasteiger partial charge on any atom is -0.506 e. The third kappa shape index (κ3) is 4.73. The van der Waals surface area contributed by atoms with E-state index in [9.17, 15) is 23.1 Å². The van der Waals surface area contributed by atoms with E-state index in [-0.39, 0.29) is 28.4 Å². The predicted octanol–water partition coefficient (Wildman–Crippen LogP) is 3.16. The highest BCUT2D eigenvalue weighted by Gasteiger charge is 2.29. The van der Waals surface area contributed by atoms with Gasteiger partial charge in [0.15, 0.2) is 0 Å². The lowest BCUT2D eigenvalue weighted by Crippen LogP contribution is -2.32. The molecule has 0 aliphatic carbocycles. The fourth-order valence-electron chi connectivity index (χ4n) is 3.03. The molecule has 0 atom stereocenters. The number of rotatable bonds is 7. The largest absolute Gasteiger partial charge is 0.506 e. The number of carbonyl (C=O) groups excluding carboxylic acids is 2. The first-order valence-corrected chi connectivity index (χ1v) is 11.0. The Bertz CT molecular complexity index is 1210. The summed E-state index contributed by atoms with van der Waals surface area (Å²) in [6, 6.07) is 19.9. The molecule has 0 aromatic heterocycles. The van der Waals surface area contributed by atoms with Gasteiger partial charge in [-0.25, -0.2) is 12.7 Å². The summed E-state index contributed by atoms with van der Waals surface area (Å²) in [5, 5.41) is 10.3. The highest BCUT2D eigenvalue weighted by molar-refractivity contribution is 7.93. The van der Waals surface area contributed by atoms with E-state index >= 15 is 0 Å². The molecule has 0 spiro atoms. The molecule has 0 bridgehead atoms. The first kappa shape index (κ1) is 22.8. The molecule has 0 fully saturated rings. The molecule has 3 aromatic carbocycles. The summed E-state index contributed by atoms with van der Waals surface area (Å²) in [7, 11) is -1.47. The average molecular weight is 455 g/mol. The fourth-order valence-corrected chi connectivity index (χ4v) is 4.54. The van der Waals surface area contributed by atoms with Crippen molar-refractivity contribution in [2.24, 2.45) is 0 Å². The molecule has 1 N–H and O–H groups in total. The van der Waals surface area contributed by atoms with E-state index in [0.717, 1.165) is 4.31 Å². The van der Waals surface area contributed by atoms with Crippen LogP contribution in [-0.2, 0) is 19.6 Å². The van der Waals surface area contributed by atoms with Crippen LogP contribution in [0.5, 0.6) is 5.75 Å². The second-order valence-corrected chi connectivity index (χ2v) is 8.64. The van der Waals surface area contributed by atoms with Gasteiger partial charge in [-0.2, -0.15) is 0 Å². The van der Waals surface area contributed by atoms with Crippen molar-refractivity contribution in [2.45, 2.75) is 4.90 Å². The van der Waals surface area contributed by atoms with E-state index in [1.165, 1.54) is 55.5 Å². The number of phenols is 1. The minimum atomic E-state index is -4.14. The van der Waals surface area contributed by atoms with Gasteiger partial charge >= 0.3 is 5.97 Å². The molecule has 8 nitrogen and oxygen atoms in total. The van der Waals surface area contributed by atoms with Crippen molar-refractivity contribution in [1.82, 2.24) is 4.90 Å². The monoisotopic (exact) mass is 454 g/mol. The number of carbonyl (C=O) groups is 2. The number of hydrogen-bond acceptors (Lipinski definition) is 6. The van der Waals surface area contributed by atoms with Crippen LogP contribution in [0.15, 0.2) is 83.8 Å². The molecule has 9 heteroatoms. The number of esters is 1. The Morgan fingerprint density at radius 1 is 0.906 bits per heavy atom. The van der Waals surface area contributed by atoms with Crippen molar-refractivity contribution in [1.29, 1.82) is 0 Å². The molecule has 3 rings (SSSR count). The number of sulfonamides is 1. The molecule has 0 unspecified atom stereocenters. The number of aromatic hydroxyl groups is 1. The third-order valence-corrected chi connectivity index (χ3v) is 6.43. The van der Waals surface area contributed by atoms with E-state index in [1.54, 1.807) is 42.5 Å². The smallest absolute Gasteiger partial charge is 0.325 e. The molecule has 0 radical (unpaired) electrons. The maximum absolute atomic E-state index is 13.5. The van der Waals surface area contributed by atoms with Crippen LogP contribution in [0.4, 0.5) is 11.4 Å². The van der Waals surface area contributed by atoms with Crippen molar-refractivity contribution in [3.63, 3.8) is 0 Å². The van der Waals surface area contributed by atoms with Crippen LogP contribution in [0.25, 0.3) is 0 Å². The Morgan fingerprint density at radius 3 is 2.09 bits per heavy atom. The second kappa shape index (κ2) is 9.52. The van der Waals surface area contributed by atoms with Crippen molar-refractivity contribution in [3.05, 3.63) is 84.4 Å². The van der Waals surface area contributed by atoms with Crippen molar-refractivity contribution < 1.29 is 27.9 Å². The Kier molecular flexibility index (Phi) is 6.79. The Hall–Kier alpha value is -3.85. The summed E-state index contributed by atoms with van der Waals surface area (Å²) in [6.07, 6.45) is 0. The first-order chi connectivity index (χ1) is 15.3. The zero-order valence-electron chi connectivity index (χ0n) is 17.5. The van der Waals surface area contributed by atoms with E-state index in [2.05, 4.69) is 4.74 Å². The standard InChI is InChI=1S/C23H22N2O6S/c1-24(16-22(27)31-2)23(28)17-12-14-19(15-13-17)32(29,30)25(18-8-4-3-5-9-18)20-10-6-7-11-21(20)26/h3-15,26H,16H2,1-2H3. The highest BCUT2D eigenvalue weighted by atomic mass is 32.2. The van der Waals surface area contributed by atoms with Gasteiger partial charge in [-0.1, -0.05) is 30.3 Å². The highest BCUT2D eigenvalue weighted by Crippen LogP contribution is 2.37. The van der Waals surface area contributed by atoms with Gasteiger partial charge in [0.2, 0.25) is 0 Å². The molecule has 1 amide bonds. The number of likely N-dealkylation sites (N-methyl/N-ethyl adjacent to an activating group) is 1. The van der Waals surface area contributed by atoms with Gasteiger partial charge in [0, 0.05) is 12.6 Å². The van der Waals surface area contributed by atoms with Gasteiger partial charge in [0.05, 0.1) is 23.4 Å². The molecule has 3 aromatic rings. The number of ether oxygens (including phenoxy) is 1. The number of anilines is 2. The predicted molar refractivity (Wildman–Crippen MR) is 119 cm³/mol. The van der Waals surface area contributed by atoms with Gasteiger partial charge in [-0.15, -0.1) is 0 Å². The quantitative estimate of drug-likeness (QED) is 0.550. The molecular formula is C23H22N2O6S. The summed E-state index contributed by atoms with van der Waals surface area (Å²) in [5.41, 5.74) is 0.646. The molecule has 0 heterocycles. The van der Waals surface area contributed by atoms with Crippen LogP contribution in [-0.4, -0.2) is 51.0 Å². The maximum atomic E-state index is 13.5. The zero-order chi connectivity index (χ0) is 23.3. The Morgan fingerprint density at radius 2 is 1.50 bits per heavy atom. The summed E-state index contributed by atoms with van der Waals surface area (Å²) >= 11 is 0. The minimum absolute atomic E-state index is 0.0724. The van der Waals surface area contributed by atoms with Crippen LogP contribution in [0.3, 0.4) is 0 Å². The van der Waals surface area contributed by atoms with E-state index < -0.39 is 21.9 Å². The molecule has 0 aliphatic heterocycles. The van der Waals surface area contributed by atoms with E-state index in [0.29, 0.717) is 5.69 Å². The molecule has 0 saturated heterocycles. The number of methoxy groups -OCH3 is 1. The average Bonchev–Trinajstić information content (AvgIpc) is 2.80. The molecule has 0 saturated carbocycles. The van der Waals surface area contributed by atoms with Gasteiger partial charge in [-0.05, 0) is 48.5 Å². The Balaban J connectivity index is 1.98. The van der Waals surface area contributed by atoms with Gasteiger partial charge in [-0.3, -0.25) is 9.59 Å². The van der Waals surface area contributed by atoms with Crippen LogP contribution in [0.2, 0.25) is 0 Å². The number of para-hydroxylation sites is 3. The SMILES string of the molecule is COC(=O)CN(C)C(=O)c1ccc(S(=O)(=O)N(c2ccccc2)c2ccccc2O)cc1. The fraction of sp³-hybridized carbons (Fsp3) is 0.130. The molecule has 32 heavy (non-hydrogen) atoms. The van der Waals surface area contributed by atoms with Crippen LogP contribution < -0.4 is 4.31 Å². The summed E-state index contributed by atoms with van der Waals surface area (Å²) in [5.74, 6) is -1.22. The van der Waals surface area contributed by atoms with Gasteiger partial charge < -0.3 is 14.7 Å². The lowest BCUT2D eigenvalue weighted by Gasteiger charge is -2.25. The van der Waals surface area contributed by atoms with Crippen LogP contribution in [0.1, 0.15) is 10.4 Å². The van der Waals surface area contributed by atoms with Gasteiger partial charge in [0.1, 0.15) is 12.3 Å². The lowest BCUT2D eigenvalue weighted by atomic mass is 10.2. The number of benzene rings is 3. The van der Waals surface area contributed by atoms with Crippen molar-refractivity contribution in [2.75, 3.05) is 25.0 Å². The second-order valence-electron chi connectivity index (χ2n) is 6.86. The number of hydrogen-bond donors (Lipinski definition) is 1. The number of nitrogens with zero attached hydrogens (tertiary/aromatic N) is 2. The number of phenolic OH excluding ortho intramolecular Hbond substituents is 1. The van der Waals surface area contributed by atoms with E-state index in [4.69, 9.17) is 0 Å². The van der Waals surface area contributed by atoms with Crippen molar-refractivity contribution in [3.8, 4) is 5.75 Å². The van der Waals surface area contributed by atoms with Crippen LogP contribution in [0, 0.1) is 0 Å². The normalized spacial score (nSPS) is 10.9. The maximum Gasteiger partial charge on any atom is 0.325 e. The zero-order valence-corrected chi connectivity index (χ0v) is 18.3. The summed E-state index contributed by atoms with van der Waals surface area (Å²) in [6.45, 7) is -0.232. The summed E-state index contributed by atoms with van der Waals surface area (Å²) in [4.78, 5) is 25.0. The molecule has 0 aliphatic rings. The number of amides is 1. The summed E-state index contributed by atoms with van der Waals surface area (Å²) < 4.78 is 32.7. The van der Waals surface area contributed by atoms with Crippen LogP contribution >= 0.6 is 0 Å². The van der Waals surface area contributed by atoms with Crippen molar-refractivity contribution >= 4 is 33.3 Å². The molecule has 166 valence electrons. The topological polar surface area (TPSA) is 104 Å². The molecular weight excluding hydrogens is 432 g/mol.